The molecule has 1 aromatic rings. The van der Waals surface area contributed by atoms with E-state index in [2.05, 4.69) is 4.72 Å². The van der Waals surface area contributed by atoms with E-state index in [4.69, 9.17) is 10.2 Å². The third kappa shape index (κ3) is 2.88. The predicted octanol–water partition coefficient (Wildman–Crippen LogP) is 1.77. The van der Waals surface area contributed by atoms with Crippen molar-refractivity contribution in [3.05, 3.63) is 29.3 Å². The summed E-state index contributed by atoms with van der Waals surface area (Å²) >= 11 is 1.26. The average molecular weight is 227 g/mol. The average Bonchev–Trinajstić information content (AvgIpc) is 2.17. The first-order chi connectivity index (χ1) is 7.04. The van der Waals surface area contributed by atoms with Gasteiger partial charge in [-0.05, 0) is 18.2 Å². The van der Waals surface area contributed by atoms with Gasteiger partial charge in [0.05, 0.1) is 11.1 Å². The van der Waals surface area contributed by atoms with E-state index in [1.165, 1.54) is 24.1 Å². The van der Waals surface area contributed by atoms with Gasteiger partial charge in [0.25, 0.3) is 0 Å². The maximum Gasteiger partial charge on any atom is 0.335 e. The van der Waals surface area contributed by atoms with Crippen molar-refractivity contribution >= 4 is 29.6 Å². The maximum absolute atomic E-state index is 10.7. The number of hydrogen-bond donors (Lipinski definition) is 3. The van der Waals surface area contributed by atoms with Crippen molar-refractivity contribution in [3.63, 3.8) is 0 Å². The molecule has 0 saturated heterocycles. The van der Waals surface area contributed by atoms with E-state index in [1.54, 1.807) is 6.26 Å². The Labute approximate surface area is 90.2 Å². The molecule has 0 aliphatic carbocycles. The summed E-state index contributed by atoms with van der Waals surface area (Å²) in [6, 6.07) is 3.88. The molecule has 0 heterocycles. The molecule has 1 rings (SSSR count). The van der Waals surface area contributed by atoms with Crippen LogP contribution < -0.4 is 4.72 Å². The molecule has 0 radical (unpaired) electrons. The quantitative estimate of drug-likeness (QED) is 0.679. The highest BCUT2D eigenvalue weighted by atomic mass is 32.2. The Kier molecular flexibility index (Phi) is 3.56. The van der Waals surface area contributed by atoms with E-state index in [1.807, 2.05) is 0 Å². The molecular formula is C9H9NO4S. The van der Waals surface area contributed by atoms with Gasteiger partial charge in [0.2, 0.25) is 0 Å². The number of rotatable bonds is 4. The molecule has 0 bridgehead atoms. The van der Waals surface area contributed by atoms with Gasteiger partial charge in [-0.25, -0.2) is 9.59 Å². The minimum atomic E-state index is -1.15. The molecule has 0 unspecified atom stereocenters. The summed E-state index contributed by atoms with van der Waals surface area (Å²) in [4.78, 5) is 21.4. The number of benzene rings is 1. The fourth-order valence-electron chi connectivity index (χ4n) is 1.05. The molecule has 15 heavy (non-hydrogen) atoms. The van der Waals surface area contributed by atoms with E-state index in [9.17, 15) is 9.59 Å². The van der Waals surface area contributed by atoms with Gasteiger partial charge >= 0.3 is 11.9 Å². The number of anilines is 1. The van der Waals surface area contributed by atoms with Crippen LogP contribution >= 0.6 is 11.9 Å². The van der Waals surface area contributed by atoms with Crippen molar-refractivity contribution in [2.45, 2.75) is 0 Å². The lowest BCUT2D eigenvalue weighted by Crippen LogP contribution is -2.03. The summed E-state index contributed by atoms with van der Waals surface area (Å²) in [5.41, 5.74) is 0.359. The summed E-state index contributed by atoms with van der Waals surface area (Å²) in [5, 5.41) is 17.5. The number of hydrogen-bond acceptors (Lipinski definition) is 4. The zero-order valence-corrected chi connectivity index (χ0v) is 8.67. The summed E-state index contributed by atoms with van der Waals surface area (Å²) in [7, 11) is 0. The standard InChI is InChI=1S/C9H9NO4S/c1-15-10-7-3-5(8(11)12)2-6(4-7)9(13)14/h2-4,10H,1H3,(H,11,12)(H,13,14). The van der Waals surface area contributed by atoms with Crippen molar-refractivity contribution < 1.29 is 19.8 Å². The number of carboxylic acid groups (broad SMARTS) is 2. The fraction of sp³-hybridized carbons (Fsp3) is 0.111. The van der Waals surface area contributed by atoms with E-state index in [0.717, 1.165) is 6.07 Å². The first-order valence-electron chi connectivity index (χ1n) is 3.95. The van der Waals surface area contributed by atoms with Gasteiger partial charge in [-0.2, -0.15) is 0 Å². The van der Waals surface area contributed by atoms with Gasteiger partial charge in [-0.1, -0.05) is 11.9 Å². The molecule has 0 aliphatic heterocycles. The number of carbonyl (C=O) groups is 2. The zero-order chi connectivity index (χ0) is 11.4. The van der Waals surface area contributed by atoms with Gasteiger partial charge in [0.15, 0.2) is 0 Å². The molecule has 0 fully saturated rings. The van der Waals surface area contributed by atoms with Crippen molar-refractivity contribution in [2.75, 3.05) is 11.0 Å². The summed E-state index contributed by atoms with van der Waals surface area (Å²) in [5.74, 6) is -2.30. The van der Waals surface area contributed by atoms with Crippen molar-refractivity contribution in [1.29, 1.82) is 0 Å². The van der Waals surface area contributed by atoms with Gasteiger partial charge in [-0.15, -0.1) is 0 Å². The highest BCUT2D eigenvalue weighted by Crippen LogP contribution is 2.17. The molecule has 0 saturated carbocycles. The fourth-order valence-corrected chi connectivity index (χ4v) is 1.40. The monoisotopic (exact) mass is 227 g/mol. The summed E-state index contributed by atoms with van der Waals surface area (Å²) in [6.45, 7) is 0. The second kappa shape index (κ2) is 4.70. The Balaban J connectivity index is 3.19. The molecular weight excluding hydrogens is 218 g/mol. The van der Waals surface area contributed by atoms with E-state index in [-0.39, 0.29) is 11.1 Å². The van der Waals surface area contributed by atoms with Crippen molar-refractivity contribution in [3.8, 4) is 0 Å². The molecule has 0 aliphatic rings. The van der Waals surface area contributed by atoms with Crippen LogP contribution in [0.4, 0.5) is 5.69 Å². The minimum absolute atomic E-state index is 0.0496. The van der Waals surface area contributed by atoms with Crippen molar-refractivity contribution in [1.82, 2.24) is 0 Å². The number of carboxylic acids is 2. The Morgan fingerprint density at radius 1 is 1.13 bits per heavy atom. The van der Waals surface area contributed by atoms with E-state index in [0.29, 0.717) is 5.69 Å². The third-order valence-corrected chi connectivity index (χ3v) is 2.09. The second-order valence-corrected chi connectivity index (χ2v) is 3.33. The highest BCUT2D eigenvalue weighted by Gasteiger charge is 2.10. The number of nitrogens with one attached hydrogen (secondary N) is 1. The summed E-state index contributed by atoms with van der Waals surface area (Å²) in [6.07, 6.45) is 1.76. The van der Waals surface area contributed by atoms with Crippen LogP contribution in [0.15, 0.2) is 18.2 Å². The first kappa shape index (κ1) is 11.4. The van der Waals surface area contributed by atoms with Gasteiger partial charge in [-0.3, -0.25) is 0 Å². The van der Waals surface area contributed by atoms with Gasteiger partial charge in [0, 0.05) is 11.9 Å². The molecule has 80 valence electrons. The molecule has 1 aromatic carbocycles. The van der Waals surface area contributed by atoms with Gasteiger partial charge < -0.3 is 14.9 Å². The summed E-state index contributed by atoms with van der Waals surface area (Å²) < 4.78 is 2.79. The Morgan fingerprint density at radius 3 is 1.93 bits per heavy atom. The van der Waals surface area contributed by atoms with Gasteiger partial charge in [0.1, 0.15) is 0 Å². The van der Waals surface area contributed by atoms with Crippen LogP contribution in [0.2, 0.25) is 0 Å². The smallest absolute Gasteiger partial charge is 0.335 e. The molecule has 3 N–H and O–H groups in total. The minimum Gasteiger partial charge on any atom is -0.478 e. The Hall–Kier alpha value is -1.69. The predicted molar refractivity (Wildman–Crippen MR) is 57.5 cm³/mol. The lowest BCUT2D eigenvalue weighted by molar-refractivity contribution is 0.0696. The topological polar surface area (TPSA) is 86.6 Å². The zero-order valence-electron chi connectivity index (χ0n) is 7.85. The van der Waals surface area contributed by atoms with E-state index >= 15 is 0 Å². The second-order valence-electron chi connectivity index (χ2n) is 2.72. The van der Waals surface area contributed by atoms with Crippen LogP contribution in [0, 0.1) is 0 Å². The maximum atomic E-state index is 10.7. The molecule has 6 heteroatoms. The molecule has 5 nitrogen and oxygen atoms in total. The lowest BCUT2D eigenvalue weighted by Gasteiger charge is -2.05. The molecule has 0 amide bonds. The van der Waals surface area contributed by atoms with Crippen LogP contribution in [0.1, 0.15) is 20.7 Å². The normalized spacial score (nSPS) is 9.67. The Morgan fingerprint density at radius 2 is 1.60 bits per heavy atom. The highest BCUT2D eigenvalue weighted by molar-refractivity contribution is 7.99. The largest absolute Gasteiger partial charge is 0.478 e. The van der Waals surface area contributed by atoms with Crippen LogP contribution in [0.3, 0.4) is 0 Å². The lowest BCUT2D eigenvalue weighted by atomic mass is 10.1. The SMILES string of the molecule is CSNc1cc(C(=O)O)cc(C(=O)O)c1. The van der Waals surface area contributed by atoms with Crippen LogP contribution in [-0.4, -0.2) is 28.4 Å². The van der Waals surface area contributed by atoms with Crippen LogP contribution in [0.5, 0.6) is 0 Å². The third-order valence-electron chi connectivity index (χ3n) is 1.65. The molecule has 0 aromatic heterocycles. The van der Waals surface area contributed by atoms with Crippen LogP contribution in [0.25, 0.3) is 0 Å². The number of aromatic carboxylic acids is 2. The first-order valence-corrected chi connectivity index (χ1v) is 5.17. The van der Waals surface area contributed by atoms with Crippen molar-refractivity contribution in [2.24, 2.45) is 0 Å². The molecule has 0 spiro atoms. The molecule has 0 atom stereocenters. The Bertz CT molecular complexity index is 373. The van der Waals surface area contributed by atoms with E-state index < -0.39 is 11.9 Å². The van der Waals surface area contributed by atoms with Crippen LogP contribution in [-0.2, 0) is 0 Å².